The second-order valence-corrected chi connectivity index (χ2v) is 5.15. The highest BCUT2D eigenvalue weighted by Crippen LogP contribution is 2.26. The number of benzene rings is 2. The Bertz CT molecular complexity index is 634. The molecule has 0 aromatic heterocycles. The van der Waals surface area contributed by atoms with Crippen molar-refractivity contribution in [3.8, 4) is 0 Å². The predicted molar refractivity (Wildman–Crippen MR) is 78.5 cm³/mol. The lowest BCUT2D eigenvalue weighted by atomic mass is 10.1. The van der Waals surface area contributed by atoms with Crippen LogP contribution in [0, 0.1) is 5.82 Å². The summed E-state index contributed by atoms with van der Waals surface area (Å²) in [5, 5.41) is 0. The third kappa shape index (κ3) is 3.28. The van der Waals surface area contributed by atoms with E-state index in [1.54, 1.807) is 18.2 Å². The molecule has 0 saturated heterocycles. The molecule has 2 rings (SSSR count). The molecule has 0 bridgehead atoms. The summed E-state index contributed by atoms with van der Waals surface area (Å²) in [6.45, 7) is 0. The van der Waals surface area contributed by atoms with Crippen molar-refractivity contribution < 1.29 is 9.18 Å². The fraction of sp³-hybridized carbons (Fsp3) is 0.0714. The monoisotopic (exact) mass is 291 g/mol. The van der Waals surface area contributed by atoms with Gasteiger partial charge in [-0.25, -0.2) is 10.2 Å². The van der Waals surface area contributed by atoms with Crippen LogP contribution < -0.4 is 17.0 Å². The van der Waals surface area contributed by atoms with Crippen LogP contribution in [-0.4, -0.2) is 5.91 Å². The Morgan fingerprint density at radius 3 is 2.70 bits per heavy atom. The number of rotatable bonds is 4. The standard InChI is InChI=1S/C14H14FN3OS/c15-12-7-10(5-6-13(12)16)20-8-9-3-1-2-4-11(9)14(19)18-17/h1-7H,8,16-17H2,(H,18,19). The number of thioether (sulfide) groups is 1. The van der Waals surface area contributed by atoms with Crippen LogP contribution in [-0.2, 0) is 5.75 Å². The van der Waals surface area contributed by atoms with Crippen molar-refractivity contribution in [2.45, 2.75) is 10.6 Å². The lowest BCUT2D eigenvalue weighted by Crippen LogP contribution is -2.30. The van der Waals surface area contributed by atoms with Crippen molar-refractivity contribution in [1.29, 1.82) is 0 Å². The van der Waals surface area contributed by atoms with Crippen molar-refractivity contribution in [2.24, 2.45) is 5.84 Å². The van der Waals surface area contributed by atoms with Crippen molar-refractivity contribution in [1.82, 2.24) is 5.43 Å². The molecule has 0 radical (unpaired) electrons. The highest BCUT2D eigenvalue weighted by Gasteiger charge is 2.10. The minimum atomic E-state index is -0.442. The number of hydrazine groups is 1. The zero-order valence-electron chi connectivity index (χ0n) is 10.6. The normalized spacial score (nSPS) is 10.3. The molecule has 104 valence electrons. The lowest BCUT2D eigenvalue weighted by Gasteiger charge is -2.08. The Morgan fingerprint density at radius 2 is 2.00 bits per heavy atom. The van der Waals surface area contributed by atoms with Crippen molar-refractivity contribution in [3.63, 3.8) is 0 Å². The van der Waals surface area contributed by atoms with E-state index >= 15 is 0 Å². The number of hydrogen-bond acceptors (Lipinski definition) is 4. The van der Waals surface area contributed by atoms with Crippen molar-refractivity contribution in [2.75, 3.05) is 5.73 Å². The van der Waals surface area contributed by atoms with Crippen molar-refractivity contribution >= 4 is 23.4 Å². The van der Waals surface area contributed by atoms with Gasteiger partial charge in [-0.15, -0.1) is 11.8 Å². The summed E-state index contributed by atoms with van der Waals surface area (Å²) in [6, 6.07) is 11.8. The number of carbonyl (C=O) groups excluding carboxylic acids is 1. The summed E-state index contributed by atoms with van der Waals surface area (Å²) in [5.41, 5.74) is 9.00. The van der Waals surface area contributed by atoms with Gasteiger partial charge < -0.3 is 5.73 Å². The van der Waals surface area contributed by atoms with Crippen LogP contribution >= 0.6 is 11.8 Å². The molecule has 0 aliphatic heterocycles. The van der Waals surface area contributed by atoms with E-state index in [9.17, 15) is 9.18 Å². The quantitative estimate of drug-likeness (QED) is 0.265. The first-order valence-corrected chi connectivity index (χ1v) is 6.87. The van der Waals surface area contributed by atoms with E-state index in [1.807, 2.05) is 12.1 Å². The Kier molecular flexibility index (Phi) is 4.60. The second kappa shape index (κ2) is 6.40. The highest BCUT2D eigenvalue weighted by molar-refractivity contribution is 7.98. The molecule has 0 fully saturated rings. The van der Waals surface area contributed by atoms with E-state index in [-0.39, 0.29) is 11.6 Å². The van der Waals surface area contributed by atoms with Crippen LogP contribution in [0.15, 0.2) is 47.4 Å². The van der Waals surface area contributed by atoms with E-state index in [2.05, 4.69) is 5.43 Å². The first-order valence-electron chi connectivity index (χ1n) is 5.88. The second-order valence-electron chi connectivity index (χ2n) is 4.10. The van der Waals surface area contributed by atoms with Crippen LogP contribution in [0.4, 0.5) is 10.1 Å². The third-order valence-electron chi connectivity index (χ3n) is 2.76. The molecule has 2 aromatic rings. The third-order valence-corrected chi connectivity index (χ3v) is 3.80. The molecular formula is C14H14FN3OS. The van der Waals surface area contributed by atoms with Gasteiger partial charge in [0.2, 0.25) is 0 Å². The number of amides is 1. The van der Waals surface area contributed by atoms with Gasteiger partial charge in [0, 0.05) is 16.2 Å². The summed E-state index contributed by atoms with van der Waals surface area (Å²) in [7, 11) is 0. The molecule has 0 aliphatic carbocycles. The zero-order chi connectivity index (χ0) is 14.5. The summed E-state index contributed by atoms with van der Waals surface area (Å²) in [6.07, 6.45) is 0. The van der Waals surface area contributed by atoms with Gasteiger partial charge in [0.15, 0.2) is 0 Å². The van der Waals surface area contributed by atoms with Crippen LogP contribution in [0.3, 0.4) is 0 Å². The summed E-state index contributed by atoms with van der Waals surface area (Å²) >= 11 is 1.42. The van der Waals surface area contributed by atoms with E-state index in [0.29, 0.717) is 11.3 Å². The predicted octanol–water partition coefficient (Wildman–Crippen LogP) is 2.30. The molecule has 5 N–H and O–H groups in total. The first kappa shape index (κ1) is 14.4. The molecule has 0 atom stereocenters. The number of nitrogens with two attached hydrogens (primary N) is 2. The van der Waals surface area contributed by atoms with E-state index < -0.39 is 5.82 Å². The Hall–Kier alpha value is -2.05. The molecular weight excluding hydrogens is 277 g/mol. The average Bonchev–Trinajstić information content (AvgIpc) is 2.48. The maximum absolute atomic E-state index is 13.3. The maximum Gasteiger partial charge on any atom is 0.265 e. The molecule has 0 heterocycles. The molecule has 0 unspecified atom stereocenters. The minimum absolute atomic E-state index is 0.122. The zero-order valence-corrected chi connectivity index (χ0v) is 11.4. The largest absolute Gasteiger partial charge is 0.396 e. The fourth-order valence-electron chi connectivity index (χ4n) is 1.70. The number of halogens is 1. The average molecular weight is 291 g/mol. The molecule has 6 heteroatoms. The fourth-order valence-corrected chi connectivity index (χ4v) is 2.63. The lowest BCUT2D eigenvalue weighted by molar-refractivity contribution is 0.0953. The van der Waals surface area contributed by atoms with Crippen molar-refractivity contribution in [3.05, 3.63) is 59.4 Å². The van der Waals surface area contributed by atoms with Crippen LogP contribution in [0.5, 0.6) is 0 Å². The number of nitrogens with one attached hydrogen (secondary N) is 1. The van der Waals surface area contributed by atoms with E-state index in [4.69, 9.17) is 11.6 Å². The first-order chi connectivity index (χ1) is 9.61. The molecule has 1 amide bonds. The Morgan fingerprint density at radius 1 is 1.25 bits per heavy atom. The SMILES string of the molecule is NNC(=O)c1ccccc1CSc1ccc(N)c(F)c1. The smallest absolute Gasteiger partial charge is 0.265 e. The number of anilines is 1. The van der Waals surface area contributed by atoms with Gasteiger partial charge >= 0.3 is 0 Å². The summed E-state index contributed by atoms with van der Waals surface area (Å²) in [5.74, 6) is 4.90. The van der Waals surface area contributed by atoms with Gasteiger partial charge in [0.1, 0.15) is 5.82 Å². The van der Waals surface area contributed by atoms with Crippen LogP contribution in [0.1, 0.15) is 15.9 Å². The van der Waals surface area contributed by atoms with Crippen LogP contribution in [0.2, 0.25) is 0 Å². The summed E-state index contributed by atoms with van der Waals surface area (Å²) in [4.78, 5) is 12.4. The van der Waals surface area contributed by atoms with Gasteiger partial charge in [-0.1, -0.05) is 18.2 Å². The minimum Gasteiger partial charge on any atom is -0.396 e. The molecule has 0 spiro atoms. The molecule has 0 aliphatic rings. The molecule has 20 heavy (non-hydrogen) atoms. The highest BCUT2D eigenvalue weighted by atomic mass is 32.2. The van der Waals surface area contributed by atoms with Gasteiger partial charge in [0.05, 0.1) is 5.69 Å². The number of carbonyl (C=O) groups is 1. The maximum atomic E-state index is 13.3. The van der Waals surface area contributed by atoms with Gasteiger partial charge in [0.25, 0.3) is 5.91 Å². The molecule has 2 aromatic carbocycles. The van der Waals surface area contributed by atoms with E-state index in [0.717, 1.165) is 10.5 Å². The Labute approximate surface area is 120 Å². The van der Waals surface area contributed by atoms with Gasteiger partial charge in [-0.3, -0.25) is 10.2 Å². The van der Waals surface area contributed by atoms with Gasteiger partial charge in [-0.2, -0.15) is 0 Å². The topological polar surface area (TPSA) is 81.1 Å². The summed E-state index contributed by atoms with van der Waals surface area (Å²) < 4.78 is 13.3. The van der Waals surface area contributed by atoms with Crippen LogP contribution in [0.25, 0.3) is 0 Å². The number of hydrogen-bond donors (Lipinski definition) is 3. The van der Waals surface area contributed by atoms with Gasteiger partial charge in [-0.05, 0) is 29.8 Å². The Balaban J connectivity index is 2.14. The molecule has 4 nitrogen and oxygen atoms in total. The molecule has 0 saturated carbocycles. The number of nitrogen functional groups attached to an aromatic ring is 2. The van der Waals surface area contributed by atoms with E-state index in [1.165, 1.54) is 23.9 Å².